The lowest BCUT2D eigenvalue weighted by atomic mass is 10.1. The van der Waals surface area contributed by atoms with Crippen LogP contribution in [0.1, 0.15) is 87.5 Å². The number of hydrogen-bond acceptors (Lipinski definition) is 4. The molecule has 0 fully saturated rings. The van der Waals surface area contributed by atoms with Gasteiger partial charge in [0.05, 0.1) is 24.3 Å². The van der Waals surface area contributed by atoms with E-state index >= 15 is 0 Å². The molecule has 0 bridgehead atoms. The summed E-state index contributed by atoms with van der Waals surface area (Å²) in [4.78, 5) is 1.83. The molecule has 0 heterocycles. The Balaban J connectivity index is 1.95. The molecule has 0 atom stereocenters. The van der Waals surface area contributed by atoms with Gasteiger partial charge in [-0.2, -0.15) is 0 Å². The predicted octanol–water partition coefficient (Wildman–Crippen LogP) is 8.98. The smallest absolute Gasteiger partial charge is 0.136 e. The van der Waals surface area contributed by atoms with Crippen LogP contribution in [-0.4, -0.2) is 13.2 Å². The normalized spacial score (nSPS) is 10.2. The quantitative estimate of drug-likeness (QED) is 0.135. The largest absolute Gasteiger partial charge is 0.492 e. The van der Waals surface area contributed by atoms with Gasteiger partial charge in [-0.05, 0) is 61.4 Å². The predicted molar refractivity (Wildman–Crippen MR) is 165 cm³/mol. The third-order valence-electron chi connectivity index (χ3n) is 6.01. The highest BCUT2D eigenvalue weighted by molar-refractivity contribution is 7.80. The number of ether oxygens (including phenoxy) is 2. The van der Waals surface area contributed by atoms with Gasteiger partial charge in [-0.15, -0.1) is 25.3 Å². The van der Waals surface area contributed by atoms with Crippen LogP contribution in [0.3, 0.4) is 0 Å². The number of thiol groups is 2. The van der Waals surface area contributed by atoms with Crippen LogP contribution in [0.25, 0.3) is 0 Å². The molecule has 0 saturated carbocycles. The van der Waals surface area contributed by atoms with Gasteiger partial charge in [0, 0.05) is 33.1 Å². The summed E-state index contributed by atoms with van der Waals surface area (Å²) in [5.41, 5.74) is 3.47. The Morgan fingerprint density at radius 1 is 0.526 bits per heavy atom. The minimum atomic E-state index is 0.649. The monoisotopic (exact) mass is 542 g/mol. The molecular formula is C34H38O2S2. The molecule has 38 heavy (non-hydrogen) atoms. The molecule has 2 nitrogen and oxygen atoms in total. The van der Waals surface area contributed by atoms with E-state index in [4.69, 9.17) is 9.47 Å². The Labute approximate surface area is 240 Å². The Morgan fingerprint density at radius 2 is 0.921 bits per heavy atom. The zero-order valence-corrected chi connectivity index (χ0v) is 24.3. The van der Waals surface area contributed by atoms with Crippen LogP contribution < -0.4 is 9.47 Å². The lowest BCUT2D eigenvalue weighted by Crippen LogP contribution is -2.03. The van der Waals surface area contributed by atoms with Crippen LogP contribution >= 0.6 is 25.3 Å². The highest BCUT2D eigenvalue weighted by atomic mass is 32.1. The molecular weight excluding hydrogens is 505 g/mol. The van der Waals surface area contributed by atoms with Crippen molar-refractivity contribution in [3.05, 3.63) is 82.9 Å². The van der Waals surface area contributed by atoms with Crippen molar-refractivity contribution in [3.63, 3.8) is 0 Å². The number of rotatable bonds is 12. The molecule has 4 heteroatoms. The molecule has 0 unspecified atom stereocenters. The third-order valence-corrected chi connectivity index (χ3v) is 6.61. The van der Waals surface area contributed by atoms with Crippen molar-refractivity contribution in [1.29, 1.82) is 0 Å². The lowest BCUT2D eigenvalue weighted by Gasteiger charge is -2.14. The van der Waals surface area contributed by atoms with Crippen LogP contribution in [0.15, 0.2) is 70.5 Å². The van der Waals surface area contributed by atoms with E-state index in [2.05, 4.69) is 62.8 Å². The van der Waals surface area contributed by atoms with Crippen LogP contribution in [0.2, 0.25) is 0 Å². The Morgan fingerprint density at radius 3 is 1.29 bits per heavy atom. The van der Waals surface area contributed by atoms with Gasteiger partial charge in [0.1, 0.15) is 11.5 Å². The first kappa shape index (κ1) is 29.6. The fourth-order valence-corrected chi connectivity index (χ4v) is 4.08. The summed E-state index contributed by atoms with van der Waals surface area (Å²) in [6.45, 7) is 5.72. The minimum absolute atomic E-state index is 0.649. The second-order valence-electron chi connectivity index (χ2n) is 9.26. The van der Waals surface area contributed by atoms with Gasteiger partial charge in [0.15, 0.2) is 0 Å². The number of benzene rings is 3. The summed E-state index contributed by atoms with van der Waals surface area (Å²) in [5.74, 6) is 14.7. The molecule has 3 rings (SSSR count). The van der Waals surface area contributed by atoms with E-state index in [0.29, 0.717) is 13.2 Å². The average Bonchev–Trinajstić information content (AvgIpc) is 2.93. The van der Waals surface area contributed by atoms with Crippen LogP contribution in [0.4, 0.5) is 0 Å². The second kappa shape index (κ2) is 16.8. The molecule has 3 aromatic rings. The number of hydrogen-bond donors (Lipinski definition) is 2. The maximum atomic E-state index is 6.26. The summed E-state index contributed by atoms with van der Waals surface area (Å²) >= 11 is 8.75. The molecule has 0 amide bonds. The fraction of sp³-hybridized carbons (Fsp3) is 0.353. The molecule has 0 aliphatic carbocycles. The summed E-state index contributed by atoms with van der Waals surface area (Å²) in [6, 6.07) is 19.7. The van der Waals surface area contributed by atoms with Gasteiger partial charge >= 0.3 is 0 Å². The lowest BCUT2D eigenvalue weighted by molar-refractivity contribution is 0.295. The van der Waals surface area contributed by atoms with Gasteiger partial charge < -0.3 is 9.47 Å². The van der Waals surface area contributed by atoms with Crippen molar-refractivity contribution in [2.45, 2.75) is 75.0 Å². The topological polar surface area (TPSA) is 18.5 Å². The van der Waals surface area contributed by atoms with Crippen molar-refractivity contribution in [3.8, 4) is 35.2 Å². The van der Waals surface area contributed by atoms with Crippen LogP contribution in [0.5, 0.6) is 11.5 Å². The van der Waals surface area contributed by atoms with Gasteiger partial charge in [0.25, 0.3) is 0 Å². The standard InChI is InChI=1S/C34H38O2S2/c1-3-5-7-9-23-35-33-25-30(18-12-28-15-21-32(38)22-16-28)34(36-24-10-8-6-4-2)26-29(33)17-11-27-13-19-31(37)20-14-27/h13-16,19-22,25-26,37-38H,3-10,23-24H2,1-2H3. The molecule has 198 valence electrons. The molecule has 0 spiro atoms. The molecule has 0 aliphatic rings. The highest BCUT2D eigenvalue weighted by Crippen LogP contribution is 2.29. The van der Waals surface area contributed by atoms with Crippen molar-refractivity contribution in [2.75, 3.05) is 13.2 Å². The Hall–Kier alpha value is -2.92. The van der Waals surface area contributed by atoms with Crippen molar-refractivity contribution in [2.24, 2.45) is 0 Å². The van der Waals surface area contributed by atoms with Crippen molar-refractivity contribution >= 4 is 25.3 Å². The Kier molecular flexibility index (Phi) is 13.1. The number of unbranched alkanes of at least 4 members (excludes halogenated alkanes) is 6. The fourth-order valence-electron chi connectivity index (χ4n) is 3.78. The van der Waals surface area contributed by atoms with Crippen molar-refractivity contribution in [1.82, 2.24) is 0 Å². The van der Waals surface area contributed by atoms with E-state index in [9.17, 15) is 0 Å². The zero-order chi connectivity index (χ0) is 27.0. The minimum Gasteiger partial charge on any atom is -0.492 e. The SMILES string of the molecule is CCCCCCOc1cc(C#Cc2ccc(S)cc2)c(OCCCCCC)cc1C#Cc1ccc(S)cc1. The highest BCUT2D eigenvalue weighted by Gasteiger charge is 2.11. The van der Waals surface area contributed by atoms with E-state index in [0.717, 1.165) is 69.2 Å². The summed E-state index contributed by atoms with van der Waals surface area (Å²) < 4.78 is 12.5. The first-order valence-corrected chi connectivity index (χ1v) is 14.5. The molecule has 0 aliphatic heterocycles. The molecule has 0 radical (unpaired) electrons. The van der Waals surface area contributed by atoms with Crippen LogP contribution in [0, 0.1) is 23.7 Å². The van der Waals surface area contributed by atoms with E-state index in [-0.39, 0.29) is 0 Å². The van der Waals surface area contributed by atoms with Gasteiger partial charge in [-0.25, -0.2) is 0 Å². The molecule has 0 N–H and O–H groups in total. The first-order valence-electron chi connectivity index (χ1n) is 13.6. The first-order chi connectivity index (χ1) is 18.6. The van der Waals surface area contributed by atoms with Crippen molar-refractivity contribution < 1.29 is 9.47 Å². The molecule has 0 aromatic heterocycles. The molecule has 3 aromatic carbocycles. The maximum Gasteiger partial charge on any atom is 0.136 e. The summed E-state index contributed by atoms with van der Waals surface area (Å²) in [5, 5.41) is 0. The maximum absolute atomic E-state index is 6.26. The van der Waals surface area contributed by atoms with Gasteiger partial charge in [-0.1, -0.05) is 76.1 Å². The molecule has 0 saturated heterocycles. The van der Waals surface area contributed by atoms with Gasteiger partial charge in [0.2, 0.25) is 0 Å². The Bertz CT molecular complexity index is 1160. The van der Waals surface area contributed by atoms with Gasteiger partial charge in [-0.3, -0.25) is 0 Å². The second-order valence-corrected chi connectivity index (χ2v) is 10.3. The summed E-state index contributed by atoms with van der Waals surface area (Å²) in [6.07, 6.45) is 9.14. The summed E-state index contributed by atoms with van der Waals surface area (Å²) in [7, 11) is 0. The van der Waals surface area contributed by atoms with Crippen LogP contribution in [-0.2, 0) is 0 Å². The van der Waals surface area contributed by atoms with E-state index in [1.165, 1.54) is 25.7 Å². The third kappa shape index (κ3) is 10.4. The van der Waals surface area contributed by atoms with E-state index in [1.807, 2.05) is 60.7 Å². The average molecular weight is 543 g/mol. The van der Waals surface area contributed by atoms with E-state index in [1.54, 1.807) is 0 Å². The zero-order valence-electron chi connectivity index (χ0n) is 22.6. The van der Waals surface area contributed by atoms with E-state index < -0.39 is 0 Å².